The molecule has 205 valence electrons. The van der Waals surface area contributed by atoms with Gasteiger partial charge in [-0.3, -0.25) is 4.79 Å². The first-order chi connectivity index (χ1) is 19.5. The molecular formula is C34H36N3O3. The summed E-state index contributed by atoms with van der Waals surface area (Å²) in [5, 5.41) is 2.03. The number of aromatic nitrogens is 1. The molecule has 3 aromatic carbocycles. The van der Waals surface area contributed by atoms with Gasteiger partial charge in [0.05, 0.1) is 13.0 Å². The van der Waals surface area contributed by atoms with Crippen LogP contribution in [0.3, 0.4) is 0 Å². The number of pyridine rings is 1. The van der Waals surface area contributed by atoms with Gasteiger partial charge >= 0.3 is 5.97 Å². The van der Waals surface area contributed by atoms with Crippen LogP contribution in [0, 0.1) is 6.92 Å². The number of rotatable bonds is 7. The molecule has 4 aromatic rings. The zero-order chi connectivity index (χ0) is 27.7. The second kappa shape index (κ2) is 10.9. The monoisotopic (exact) mass is 534 g/mol. The van der Waals surface area contributed by atoms with Crippen LogP contribution in [-0.4, -0.2) is 42.1 Å². The largest absolute Gasteiger partial charge is 0.485 e. The standard InChI is InChI=1S/C34H36N3O3/c1-3-37-17-14-34(15-18-37)22-31(40-30-8-6-5-7-26(30)21-32(38)39-4-2)28-20-25(11-12-29(28)34)24-10-9-23-13-16-36-33(35)27(23)19-24/h5-13,16,19-20,31H,1,3-4,14-15,17-18,21-22H2,2H3,(H2,35,36). The van der Waals surface area contributed by atoms with Gasteiger partial charge in [-0.25, -0.2) is 4.98 Å². The van der Waals surface area contributed by atoms with E-state index in [1.165, 1.54) is 11.1 Å². The molecule has 6 nitrogen and oxygen atoms in total. The van der Waals surface area contributed by atoms with Crippen LogP contribution in [0.25, 0.3) is 21.9 Å². The van der Waals surface area contributed by atoms with Gasteiger partial charge in [0, 0.05) is 22.6 Å². The summed E-state index contributed by atoms with van der Waals surface area (Å²) in [6, 6.07) is 23.0. The van der Waals surface area contributed by atoms with Gasteiger partial charge in [-0.05, 0) is 105 Å². The molecule has 6 heteroatoms. The van der Waals surface area contributed by atoms with Crippen LogP contribution in [-0.2, 0) is 21.4 Å². The first kappa shape index (κ1) is 26.3. The Hall–Kier alpha value is -3.90. The van der Waals surface area contributed by atoms with Gasteiger partial charge in [-0.2, -0.15) is 0 Å². The fourth-order valence-corrected chi connectivity index (χ4v) is 6.51. The number of likely N-dealkylation sites (tertiary alicyclic amines) is 1. The molecule has 1 atom stereocenters. The molecule has 2 heterocycles. The van der Waals surface area contributed by atoms with Gasteiger partial charge in [-0.1, -0.05) is 42.5 Å². The summed E-state index contributed by atoms with van der Waals surface area (Å²) in [5.41, 5.74) is 12.0. The SMILES string of the molecule is [CH2]CN1CCC2(CC1)CC(Oc1ccccc1CC(=O)OCC)c1cc(-c3ccc4ccnc(N)c4c3)ccc12. The summed E-state index contributed by atoms with van der Waals surface area (Å²) < 4.78 is 12.0. The number of esters is 1. The van der Waals surface area contributed by atoms with E-state index in [1.807, 2.05) is 37.3 Å². The van der Waals surface area contributed by atoms with E-state index in [2.05, 4.69) is 53.2 Å². The highest BCUT2D eigenvalue weighted by Crippen LogP contribution is 2.53. The minimum absolute atomic E-state index is 0.0675. The number of ether oxygens (including phenoxy) is 2. The first-order valence-electron chi connectivity index (χ1n) is 14.2. The molecule has 1 spiro atoms. The molecule has 0 saturated carbocycles. The predicted octanol–water partition coefficient (Wildman–Crippen LogP) is 6.28. The Bertz CT molecular complexity index is 1540. The number of benzene rings is 3. The Morgan fingerprint density at radius 2 is 1.85 bits per heavy atom. The summed E-state index contributed by atoms with van der Waals surface area (Å²) in [6.07, 6.45) is 4.90. The van der Waals surface area contributed by atoms with Gasteiger partial charge in [0.15, 0.2) is 0 Å². The van der Waals surface area contributed by atoms with E-state index in [0.717, 1.165) is 72.1 Å². The number of anilines is 1. The third-order valence-corrected chi connectivity index (χ3v) is 8.69. The number of para-hydroxylation sites is 1. The number of hydrogen-bond acceptors (Lipinski definition) is 6. The Kier molecular flexibility index (Phi) is 7.20. The van der Waals surface area contributed by atoms with Crippen LogP contribution < -0.4 is 10.5 Å². The highest BCUT2D eigenvalue weighted by Gasteiger charge is 2.46. The van der Waals surface area contributed by atoms with Crippen LogP contribution in [0.1, 0.15) is 49.0 Å². The quantitative estimate of drug-likeness (QED) is 0.281. The van der Waals surface area contributed by atoms with Gasteiger partial charge in [0.25, 0.3) is 0 Å². The molecule has 0 amide bonds. The molecule has 0 bridgehead atoms. The number of fused-ring (bicyclic) bond motifs is 3. The molecule has 6 rings (SSSR count). The molecule has 2 N–H and O–H groups in total. The van der Waals surface area contributed by atoms with Crippen molar-refractivity contribution in [2.45, 2.75) is 44.1 Å². The summed E-state index contributed by atoms with van der Waals surface area (Å²) in [6.45, 7) is 9.21. The maximum Gasteiger partial charge on any atom is 0.310 e. The van der Waals surface area contributed by atoms with Crippen LogP contribution >= 0.6 is 0 Å². The zero-order valence-corrected chi connectivity index (χ0v) is 23.1. The summed E-state index contributed by atoms with van der Waals surface area (Å²) >= 11 is 0. The molecule has 1 unspecified atom stereocenters. The highest BCUT2D eigenvalue weighted by atomic mass is 16.5. The number of carbonyl (C=O) groups is 1. The van der Waals surface area contributed by atoms with Crippen molar-refractivity contribution in [3.05, 3.63) is 96.5 Å². The van der Waals surface area contributed by atoms with E-state index in [9.17, 15) is 4.79 Å². The second-order valence-electron chi connectivity index (χ2n) is 11.0. The molecule has 1 radical (unpaired) electrons. The Morgan fingerprint density at radius 3 is 2.65 bits per heavy atom. The van der Waals surface area contributed by atoms with Crippen molar-refractivity contribution < 1.29 is 14.3 Å². The van der Waals surface area contributed by atoms with E-state index in [0.29, 0.717) is 12.4 Å². The molecule has 1 saturated heterocycles. The van der Waals surface area contributed by atoms with Crippen LogP contribution in [0.15, 0.2) is 72.9 Å². The maximum absolute atomic E-state index is 12.3. The van der Waals surface area contributed by atoms with E-state index in [4.69, 9.17) is 15.2 Å². The molecule has 1 aromatic heterocycles. The lowest BCUT2D eigenvalue weighted by molar-refractivity contribution is -0.142. The van der Waals surface area contributed by atoms with E-state index in [-0.39, 0.29) is 23.9 Å². The van der Waals surface area contributed by atoms with Gasteiger partial charge in [0.1, 0.15) is 17.7 Å². The van der Waals surface area contributed by atoms with Crippen LogP contribution in [0.5, 0.6) is 5.75 Å². The van der Waals surface area contributed by atoms with Crippen LogP contribution in [0.2, 0.25) is 0 Å². The lowest BCUT2D eigenvalue weighted by Crippen LogP contribution is -2.41. The summed E-state index contributed by atoms with van der Waals surface area (Å²) in [5.74, 6) is 1.04. The van der Waals surface area contributed by atoms with Crippen LogP contribution in [0.4, 0.5) is 5.82 Å². The van der Waals surface area contributed by atoms with Crippen molar-refractivity contribution in [3.8, 4) is 16.9 Å². The lowest BCUT2D eigenvalue weighted by atomic mass is 9.73. The molecule has 1 fully saturated rings. The van der Waals surface area contributed by atoms with Crippen molar-refractivity contribution in [2.24, 2.45) is 0 Å². The topological polar surface area (TPSA) is 77.7 Å². The fourth-order valence-electron chi connectivity index (χ4n) is 6.51. The Morgan fingerprint density at radius 1 is 1.07 bits per heavy atom. The van der Waals surface area contributed by atoms with E-state index < -0.39 is 0 Å². The van der Waals surface area contributed by atoms with Crippen molar-refractivity contribution in [1.29, 1.82) is 0 Å². The third kappa shape index (κ3) is 4.92. The average molecular weight is 535 g/mol. The number of piperidine rings is 1. The lowest BCUT2D eigenvalue weighted by Gasteiger charge is -2.40. The van der Waals surface area contributed by atoms with E-state index >= 15 is 0 Å². The van der Waals surface area contributed by atoms with Crippen molar-refractivity contribution >= 4 is 22.6 Å². The highest BCUT2D eigenvalue weighted by molar-refractivity contribution is 5.94. The average Bonchev–Trinajstić information content (AvgIpc) is 3.26. The molecular weight excluding hydrogens is 498 g/mol. The number of nitrogens with zero attached hydrogens (tertiary/aromatic N) is 2. The first-order valence-corrected chi connectivity index (χ1v) is 14.2. The summed E-state index contributed by atoms with van der Waals surface area (Å²) in [4.78, 5) is 19.0. The normalized spacial score (nSPS) is 18.1. The predicted molar refractivity (Wildman–Crippen MR) is 159 cm³/mol. The van der Waals surface area contributed by atoms with E-state index in [1.54, 1.807) is 6.20 Å². The number of carbonyl (C=O) groups excluding carboxylic acids is 1. The van der Waals surface area contributed by atoms with Crippen molar-refractivity contribution in [3.63, 3.8) is 0 Å². The second-order valence-corrected chi connectivity index (χ2v) is 11.0. The van der Waals surface area contributed by atoms with Crippen molar-refractivity contribution in [2.75, 3.05) is 32.0 Å². The Balaban J connectivity index is 1.38. The number of nitrogens with two attached hydrogens (primary N) is 1. The van der Waals surface area contributed by atoms with Gasteiger partial charge in [-0.15, -0.1) is 0 Å². The molecule has 2 aliphatic rings. The Labute approximate surface area is 236 Å². The van der Waals surface area contributed by atoms with Gasteiger partial charge < -0.3 is 20.1 Å². The van der Waals surface area contributed by atoms with Gasteiger partial charge in [0.2, 0.25) is 0 Å². The molecule has 40 heavy (non-hydrogen) atoms. The number of nitrogen functional groups attached to an aromatic ring is 1. The smallest absolute Gasteiger partial charge is 0.310 e. The minimum atomic E-state index is -0.241. The minimum Gasteiger partial charge on any atom is -0.485 e. The summed E-state index contributed by atoms with van der Waals surface area (Å²) in [7, 11) is 0. The number of hydrogen-bond donors (Lipinski definition) is 1. The third-order valence-electron chi connectivity index (χ3n) is 8.69. The fraction of sp³-hybridized carbons (Fsp3) is 0.324. The maximum atomic E-state index is 12.3. The molecule has 1 aliphatic carbocycles. The zero-order valence-electron chi connectivity index (χ0n) is 23.1. The van der Waals surface area contributed by atoms with Crippen molar-refractivity contribution in [1.82, 2.24) is 9.88 Å². The molecule has 1 aliphatic heterocycles.